The molecule has 0 aromatic rings. The topological polar surface area (TPSA) is 108 Å². The number of carbonyl (C=O) groups excluding carboxylic acids is 2. The minimum Gasteiger partial charge on any atom is -0.477 e. The molecule has 0 aliphatic carbocycles. The van der Waals surface area contributed by atoms with Crippen molar-refractivity contribution >= 4 is 17.9 Å². The Kier molecular flexibility index (Phi) is 39.6. The highest BCUT2D eigenvalue weighted by Gasteiger charge is 2.25. The van der Waals surface area contributed by atoms with Crippen molar-refractivity contribution in [1.82, 2.24) is 0 Å². The first kappa shape index (κ1) is 56.0. The Morgan fingerprint density at radius 2 is 0.966 bits per heavy atom. The van der Waals surface area contributed by atoms with Gasteiger partial charge >= 0.3 is 17.9 Å². The molecular weight excluding hydrogens is 743 g/mol. The van der Waals surface area contributed by atoms with Gasteiger partial charge in [-0.25, -0.2) is 4.79 Å². The lowest BCUT2D eigenvalue weighted by Crippen LogP contribution is -2.40. The normalized spacial score (nSPS) is 13.4. The van der Waals surface area contributed by atoms with Gasteiger partial charge in [-0.1, -0.05) is 152 Å². The molecule has 2 unspecified atom stereocenters. The van der Waals surface area contributed by atoms with Crippen molar-refractivity contribution in [2.24, 2.45) is 0 Å². The Labute approximate surface area is 361 Å². The molecule has 1 N–H and O–H groups in total. The second-order valence-electron chi connectivity index (χ2n) is 16.7. The number of allylic oxidation sites excluding steroid dienone is 10. The maximum Gasteiger partial charge on any atom is 0.361 e. The third-order valence-electron chi connectivity index (χ3n) is 9.76. The summed E-state index contributed by atoms with van der Waals surface area (Å²) >= 11 is 0. The zero-order valence-electron chi connectivity index (χ0n) is 38.4. The SMILES string of the molecule is CC/C=C\C/C=C\C/C=C\C/C=C\CCCCCCC(=O)OC(COC(=O)CCCCCCCCC/C=C\CCCCCCCC)COC(OCC[N+](C)(C)C)C(=O)O. The molecule has 0 amide bonds. The van der Waals surface area contributed by atoms with Crippen LogP contribution in [0, 0.1) is 0 Å². The van der Waals surface area contributed by atoms with Crippen LogP contribution in [0.4, 0.5) is 0 Å². The molecule has 0 aromatic heterocycles. The van der Waals surface area contributed by atoms with Crippen molar-refractivity contribution in [3.8, 4) is 0 Å². The van der Waals surface area contributed by atoms with Gasteiger partial charge in [-0.15, -0.1) is 0 Å². The van der Waals surface area contributed by atoms with Crippen molar-refractivity contribution in [3.05, 3.63) is 60.8 Å². The van der Waals surface area contributed by atoms with Crippen LogP contribution in [0.2, 0.25) is 0 Å². The molecule has 59 heavy (non-hydrogen) atoms. The molecule has 0 saturated heterocycles. The molecule has 0 aromatic carbocycles. The van der Waals surface area contributed by atoms with Crippen molar-refractivity contribution in [1.29, 1.82) is 0 Å². The number of nitrogens with zero attached hydrogens (tertiary/aromatic N) is 1. The summed E-state index contributed by atoms with van der Waals surface area (Å²) in [6.45, 7) is 4.71. The third kappa shape index (κ3) is 42.9. The molecule has 0 bridgehead atoms. The summed E-state index contributed by atoms with van der Waals surface area (Å²) in [5, 5.41) is 9.64. The number of likely N-dealkylation sites (N-methyl/N-ethyl adjacent to an activating group) is 1. The predicted molar refractivity (Wildman–Crippen MR) is 244 cm³/mol. The molecule has 0 aliphatic rings. The Balaban J connectivity index is 4.47. The Hall–Kier alpha value is -3.01. The number of esters is 2. The third-order valence-corrected chi connectivity index (χ3v) is 9.76. The lowest BCUT2D eigenvalue weighted by atomic mass is 10.1. The van der Waals surface area contributed by atoms with E-state index < -0.39 is 24.3 Å². The molecule has 9 nitrogen and oxygen atoms in total. The molecule has 2 atom stereocenters. The van der Waals surface area contributed by atoms with Crippen LogP contribution in [0.3, 0.4) is 0 Å². The van der Waals surface area contributed by atoms with Crippen LogP contribution >= 0.6 is 0 Å². The van der Waals surface area contributed by atoms with Gasteiger partial charge in [-0.2, -0.15) is 0 Å². The second-order valence-corrected chi connectivity index (χ2v) is 16.7. The van der Waals surface area contributed by atoms with Crippen LogP contribution in [0.1, 0.15) is 181 Å². The predicted octanol–water partition coefficient (Wildman–Crippen LogP) is 12.6. The lowest BCUT2D eigenvalue weighted by molar-refractivity contribution is -0.870. The fraction of sp³-hybridized carbons (Fsp3) is 0.740. The fourth-order valence-corrected chi connectivity index (χ4v) is 6.11. The summed E-state index contributed by atoms with van der Waals surface area (Å²) in [5.41, 5.74) is 0. The second kappa shape index (κ2) is 41.7. The van der Waals surface area contributed by atoms with Crippen LogP contribution in [0.5, 0.6) is 0 Å². The molecule has 0 heterocycles. The Morgan fingerprint density at radius 1 is 0.525 bits per heavy atom. The molecule has 9 heteroatoms. The smallest absolute Gasteiger partial charge is 0.361 e. The summed E-state index contributed by atoms with van der Waals surface area (Å²) in [6.07, 6.45) is 47.0. The average molecular weight is 831 g/mol. The monoisotopic (exact) mass is 831 g/mol. The van der Waals surface area contributed by atoms with Gasteiger partial charge in [0.2, 0.25) is 0 Å². The zero-order chi connectivity index (χ0) is 43.5. The minimum atomic E-state index is -1.52. The van der Waals surface area contributed by atoms with Crippen LogP contribution in [-0.4, -0.2) is 87.4 Å². The Morgan fingerprint density at radius 3 is 1.46 bits per heavy atom. The number of unbranched alkanes of at least 4 members (excludes halogenated alkanes) is 17. The van der Waals surface area contributed by atoms with Gasteiger partial charge in [0.15, 0.2) is 6.10 Å². The number of carboxylic acid groups (broad SMARTS) is 1. The van der Waals surface area contributed by atoms with Crippen LogP contribution in [-0.2, 0) is 33.3 Å². The number of carbonyl (C=O) groups is 3. The van der Waals surface area contributed by atoms with Gasteiger partial charge < -0.3 is 28.5 Å². The van der Waals surface area contributed by atoms with E-state index in [0.717, 1.165) is 77.0 Å². The van der Waals surface area contributed by atoms with Crippen LogP contribution in [0.15, 0.2) is 60.8 Å². The zero-order valence-corrected chi connectivity index (χ0v) is 38.4. The maximum atomic E-state index is 12.8. The van der Waals surface area contributed by atoms with Gasteiger partial charge in [-0.05, 0) is 77.0 Å². The van der Waals surface area contributed by atoms with E-state index in [-0.39, 0.29) is 38.6 Å². The number of ether oxygens (including phenoxy) is 4. The van der Waals surface area contributed by atoms with E-state index in [0.29, 0.717) is 17.4 Å². The highest BCUT2D eigenvalue weighted by molar-refractivity contribution is 5.71. The van der Waals surface area contributed by atoms with Crippen LogP contribution < -0.4 is 0 Å². The number of quaternary nitrogens is 1. The van der Waals surface area contributed by atoms with E-state index in [9.17, 15) is 19.5 Å². The minimum absolute atomic E-state index is 0.179. The molecule has 340 valence electrons. The summed E-state index contributed by atoms with van der Waals surface area (Å²) < 4.78 is 22.7. The summed E-state index contributed by atoms with van der Waals surface area (Å²) in [4.78, 5) is 37.2. The van der Waals surface area contributed by atoms with E-state index >= 15 is 0 Å². The molecule has 0 aliphatic heterocycles. The number of hydrogen-bond donors (Lipinski definition) is 1. The summed E-state index contributed by atoms with van der Waals surface area (Å²) in [5.74, 6) is -2.05. The highest BCUT2D eigenvalue weighted by Crippen LogP contribution is 2.13. The lowest BCUT2D eigenvalue weighted by Gasteiger charge is -2.25. The maximum absolute atomic E-state index is 12.8. The van der Waals surface area contributed by atoms with Crippen LogP contribution in [0.25, 0.3) is 0 Å². The van der Waals surface area contributed by atoms with Crippen molar-refractivity contribution in [3.63, 3.8) is 0 Å². The van der Waals surface area contributed by atoms with E-state index in [1.165, 1.54) is 70.6 Å². The molecular formula is C50H88NO8+. The Bertz CT molecular complexity index is 1150. The van der Waals surface area contributed by atoms with Gasteiger partial charge in [0.05, 0.1) is 34.4 Å². The van der Waals surface area contributed by atoms with Gasteiger partial charge in [0.1, 0.15) is 13.2 Å². The molecule has 0 saturated carbocycles. The van der Waals surface area contributed by atoms with E-state index in [1.807, 2.05) is 21.1 Å². The average Bonchev–Trinajstić information content (AvgIpc) is 3.19. The fourth-order valence-electron chi connectivity index (χ4n) is 6.11. The van der Waals surface area contributed by atoms with Gasteiger partial charge in [0, 0.05) is 12.8 Å². The van der Waals surface area contributed by atoms with E-state index in [2.05, 4.69) is 74.6 Å². The molecule has 0 rings (SSSR count). The number of aliphatic carboxylic acids is 1. The largest absolute Gasteiger partial charge is 0.477 e. The number of carboxylic acids is 1. The van der Waals surface area contributed by atoms with E-state index in [4.69, 9.17) is 18.9 Å². The van der Waals surface area contributed by atoms with E-state index in [1.54, 1.807) is 0 Å². The standard InChI is InChI=1S/C50H87NO8/c1-6-8-10-12-14-16-18-20-22-24-26-28-30-32-34-36-38-40-47(52)57-44-46(45-58-50(49(54)55)56-43-42-51(3,4)5)59-48(53)41-39-37-35-33-31-29-27-25-23-21-19-17-15-13-11-9-7-2/h9,11,15,17,20-23,27,29,46,50H,6-8,10,12-14,16,18-19,24-26,28,30-45H2,1-5H3/p+1/b11-9-,17-15-,22-20-,23-21-,29-27-. The first-order valence-corrected chi connectivity index (χ1v) is 23.5. The quantitative estimate of drug-likeness (QED) is 0.0213. The number of rotatable bonds is 42. The van der Waals surface area contributed by atoms with Gasteiger partial charge in [0.25, 0.3) is 6.29 Å². The molecule has 0 spiro atoms. The van der Waals surface area contributed by atoms with Crippen molar-refractivity contribution in [2.75, 3.05) is 47.5 Å². The van der Waals surface area contributed by atoms with Gasteiger partial charge in [-0.3, -0.25) is 9.59 Å². The molecule has 0 radical (unpaired) electrons. The highest BCUT2D eigenvalue weighted by atomic mass is 16.7. The van der Waals surface area contributed by atoms with Crippen molar-refractivity contribution in [2.45, 2.75) is 193 Å². The van der Waals surface area contributed by atoms with Crippen molar-refractivity contribution < 1.29 is 42.9 Å². The summed E-state index contributed by atoms with van der Waals surface area (Å²) in [6, 6.07) is 0. The molecule has 0 fully saturated rings. The summed E-state index contributed by atoms with van der Waals surface area (Å²) in [7, 11) is 5.94. The first-order valence-electron chi connectivity index (χ1n) is 23.5. The number of hydrogen-bond acceptors (Lipinski definition) is 7. The first-order chi connectivity index (χ1) is 28.6.